The molecule has 0 aromatic heterocycles. The van der Waals surface area contributed by atoms with Crippen LogP contribution in [0.4, 0.5) is 0 Å². The molecular formula is C21H24O2. The predicted octanol–water partition coefficient (Wildman–Crippen LogP) is 5.19. The van der Waals surface area contributed by atoms with E-state index in [4.69, 9.17) is 4.74 Å². The van der Waals surface area contributed by atoms with Crippen molar-refractivity contribution >= 4 is 5.97 Å². The highest BCUT2D eigenvalue weighted by Crippen LogP contribution is 2.37. The van der Waals surface area contributed by atoms with Crippen molar-refractivity contribution < 1.29 is 9.53 Å². The lowest BCUT2D eigenvalue weighted by Crippen LogP contribution is -2.25. The SMILES string of the molecule is COC(=O)C(c1ccc(-c2ccccc2)cc1)C1CCCCC1. The van der Waals surface area contributed by atoms with Gasteiger partial charge in [0.05, 0.1) is 13.0 Å². The molecule has 120 valence electrons. The lowest BCUT2D eigenvalue weighted by molar-refractivity contribution is -0.144. The molecule has 0 bridgehead atoms. The van der Waals surface area contributed by atoms with Crippen molar-refractivity contribution in [3.05, 3.63) is 60.2 Å². The van der Waals surface area contributed by atoms with Gasteiger partial charge in [0.25, 0.3) is 0 Å². The summed E-state index contributed by atoms with van der Waals surface area (Å²) in [5, 5.41) is 0. The van der Waals surface area contributed by atoms with Crippen molar-refractivity contribution in [2.75, 3.05) is 7.11 Å². The number of rotatable bonds is 4. The molecule has 0 amide bonds. The van der Waals surface area contributed by atoms with Gasteiger partial charge in [-0.05, 0) is 35.4 Å². The molecule has 1 aliphatic carbocycles. The van der Waals surface area contributed by atoms with Gasteiger partial charge >= 0.3 is 5.97 Å². The Morgan fingerprint density at radius 3 is 2.13 bits per heavy atom. The average Bonchev–Trinajstić information content (AvgIpc) is 2.64. The van der Waals surface area contributed by atoms with Crippen LogP contribution in [0.1, 0.15) is 43.6 Å². The fourth-order valence-corrected chi connectivity index (χ4v) is 3.71. The maximum atomic E-state index is 12.3. The zero-order valence-electron chi connectivity index (χ0n) is 13.7. The number of esters is 1. The Morgan fingerprint density at radius 2 is 1.52 bits per heavy atom. The molecule has 2 aromatic rings. The minimum Gasteiger partial charge on any atom is -0.469 e. The summed E-state index contributed by atoms with van der Waals surface area (Å²) in [5.74, 6) is 0.202. The summed E-state index contributed by atoms with van der Waals surface area (Å²) in [4.78, 5) is 12.3. The molecule has 23 heavy (non-hydrogen) atoms. The number of hydrogen-bond acceptors (Lipinski definition) is 2. The predicted molar refractivity (Wildman–Crippen MR) is 93.2 cm³/mol. The molecule has 2 aromatic carbocycles. The number of hydrogen-bond donors (Lipinski definition) is 0. The van der Waals surface area contributed by atoms with Crippen molar-refractivity contribution in [1.29, 1.82) is 0 Å². The summed E-state index contributed by atoms with van der Waals surface area (Å²) in [6, 6.07) is 18.7. The van der Waals surface area contributed by atoms with Gasteiger partial charge < -0.3 is 4.74 Å². The summed E-state index contributed by atoms with van der Waals surface area (Å²) >= 11 is 0. The quantitative estimate of drug-likeness (QED) is 0.726. The Kier molecular flexibility index (Phi) is 5.12. The van der Waals surface area contributed by atoms with Crippen LogP contribution in [0.25, 0.3) is 11.1 Å². The summed E-state index contributed by atoms with van der Waals surface area (Å²) in [6.45, 7) is 0. The lowest BCUT2D eigenvalue weighted by Gasteiger charge is -2.28. The van der Waals surface area contributed by atoms with Crippen LogP contribution in [-0.2, 0) is 9.53 Å². The molecular weight excluding hydrogens is 284 g/mol. The van der Waals surface area contributed by atoms with Gasteiger partial charge in [-0.25, -0.2) is 0 Å². The van der Waals surface area contributed by atoms with Crippen LogP contribution in [0.15, 0.2) is 54.6 Å². The first kappa shape index (κ1) is 15.8. The highest BCUT2D eigenvalue weighted by Gasteiger charge is 2.31. The second-order valence-electron chi connectivity index (χ2n) is 6.39. The number of carbonyl (C=O) groups is 1. The Morgan fingerprint density at radius 1 is 0.913 bits per heavy atom. The van der Waals surface area contributed by atoms with Gasteiger partial charge in [-0.1, -0.05) is 73.9 Å². The van der Waals surface area contributed by atoms with E-state index >= 15 is 0 Å². The first-order valence-electron chi connectivity index (χ1n) is 8.53. The largest absolute Gasteiger partial charge is 0.469 e. The molecule has 0 spiro atoms. The van der Waals surface area contributed by atoms with E-state index in [0.29, 0.717) is 5.92 Å². The van der Waals surface area contributed by atoms with Gasteiger partial charge in [0.2, 0.25) is 0 Å². The average molecular weight is 308 g/mol. The Labute approximate surface area is 138 Å². The van der Waals surface area contributed by atoms with Crippen LogP contribution >= 0.6 is 0 Å². The maximum Gasteiger partial charge on any atom is 0.313 e. The van der Waals surface area contributed by atoms with Crippen LogP contribution in [-0.4, -0.2) is 13.1 Å². The highest BCUT2D eigenvalue weighted by atomic mass is 16.5. The van der Waals surface area contributed by atoms with Gasteiger partial charge in [0, 0.05) is 0 Å². The van der Waals surface area contributed by atoms with Gasteiger partial charge in [-0.15, -0.1) is 0 Å². The van der Waals surface area contributed by atoms with Crippen molar-refractivity contribution in [3.8, 4) is 11.1 Å². The third-order valence-electron chi connectivity index (χ3n) is 4.95. The van der Waals surface area contributed by atoms with E-state index < -0.39 is 0 Å². The van der Waals surface area contributed by atoms with Crippen molar-refractivity contribution in [3.63, 3.8) is 0 Å². The molecule has 1 aliphatic rings. The van der Waals surface area contributed by atoms with E-state index in [1.54, 1.807) is 0 Å². The van der Waals surface area contributed by atoms with E-state index in [1.807, 2.05) is 18.2 Å². The van der Waals surface area contributed by atoms with E-state index in [0.717, 1.165) is 18.4 Å². The normalized spacial score (nSPS) is 16.7. The summed E-state index contributed by atoms with van der Waals surface area (Å²) < 4.78 is 5.10. The molecule has 0 saturated heterocycles. The molecule has 1 atom stereocenters. The fourth-order valence-electron chi connectivity index (χ4n) is 3.71. The van der Waals surface area contributed by atoms with Crippen LogP contribution in [0.5, 0.6) is 0 Å². The topological polar surface area (TPSA) is 26.3 Å². The second kappa shape index (κ2) is 7.45. The van der Waals surface area contributed by atoms with Gasteiger partial charge in [0.15, 0.2) is 0 Å². The maximum absolute atomic E-state index is 12.3. The van der Waals surface area contributed by atoms with E-state index in [2.05, 4.69) is 36.4 Å². The van der Waals surface area contributed by atoms with E-state index in [9.17, 15) is 4.79 Å². The van der Waals surface area contributed by atoms with Crippen LogP contribution in [0, 0.1) is 5.92 Å². The molecule has 0 heterocycles. The third-order valence-corrected chi connectivity index (χ3v) is 4.95. The Balaban J connectivity index is 1.86. The fraction of sp³-hybridized carbons (Fsp3) is 0.381. The Hall–Kier alpha value is -2.09. The smallest absolute Gasteiger partial charge is 0.313 e. The molecule has 1 saturated carbocycles. The number of carbonyl (C=O) groups excluding carboxylic acids is 1. The minimum atomic E-state index is -0.120. The summed E-state index contributed by atoms with van der Waals surface area (Å²) in [6.07, 6.45) is 5.98. The van der Waals surface area contributed by atoms with Gasteiger partial charge in [-0.2, -0.15) is 0 Å². The van der Waals surface area contributed by atoms with E-state index in [1.165, 1.54) is 37.5 Å². The Bertz CT molecular complexity index is 625. The van der Waals surface area contributed by atoms with Crippen molar-refractivity contribution in [1.82, 2.24) is 0 Å². The molecule has 0 N–H and O–H groups in total. The minimum absolute atomic E-state index is 0.0932. The standard InChI is InChI=1S/C21H24O2/c1-23-21(22)20(18-10-6-3-7-11-18)19-14-12-17(13-15-19)16-8-4-2-5-9-16/h2,4-5,8-9,12-15,18,20H,3,6-7,10-11H2,1H3. The van der Waals surface area contributed by atoms with Crippen LogP contribution < -0.4 is 0 Å². The lowest BCUT2D eigenvalue weighted by atomic mass is 9.76. The number of methoxy groups -OCH3 is 1. The van der Waals surface area contributed by atoms with Crippen molar-refractivity contribution in [2.45, 2.75) is 38.0 Å². The monoisotopic (exact) mass is 308 g/mol. The molecule has 2 nitrogen and oxygen atoms in total. The molecule has 2 heteroatoms. The summed E-state index contributed by atoms with van der Waals surface area (Å²) in [7, 11) is 1.50. The van der Waals surface area contributed by atoms with Crippen molar-refractivity contribution in [2.24, 2.45) is 5.92 Å². The van der Waals surface area contributed by atoms with E-state index in [-0.39, 0.29) is 11.9 Å². The first-order chi connectivity index (χ1) is 11.3. The second-order valence-corrected chi connectivity index (χ2v) is 6.39. The first-order valence-corrected chi connectivity index (χ1v) is 8.53. The zero-order valence-corrected chi connectivity index (χ0v) is 13.7. The van der Waals surface area contributed by atoms with Gasteiger partial charge in [-0.3, -0.25) is 4.79 Å². The molecule has 0 radical (unpaired) electrons. The highest BCUT2D eigenvalue weighted by molar-refractivity contribution is 5.79. The summed E-state index contributed by atoms with van der Waals surface area (Å²) in [5.41, 5.74) is 3.47. The molecule has 0 aliphatic heterocycles. The number of ether oxygens (including phenoxy) is 1. The number of benzene rings is 2. The van der Waals surface area contributed by atoms with Crippen LogP contribution in [0.2, 0.25) is 0 Å². The third kappa shape index (κ3) is 3.64. The molecule has 3 rings (SSSR count). The zero-order chi connectivity index (χ0) is 16.1. The van der Waals surface area contributed by atoms with Crippen LogP contribution in [0.3, 0.4) is 0 Å². The van der Waals surface area contributed by atoms with Gasteiger partial charge in [0.1, 0.15) is 0 Å². The molecule has 1 fully saturated rings. The molecule has 1 unspecified atom stereocenters.